The van der Waals surface area contributed by atoms with E-state index >= 15 is 0 Å². The van der Waals surface area contributed by atoms with E-state index in [0.717, 1.165) is 6.07 Å². The fraction of sp³-hybridized carbons (Fsp3) is 0.182. The molecule has 0 radical (unpaired) electrons. The standard InChI is InChI=1S/C11H10FNO/c1-2-3-6-14-11-5-4-10(12)7-9(11)8-13/h2,4-5,7H,1,3,6H2. The van der Waals surface area contributed by atoms with Crippen LogP contribution in [-0.4, -0.2) is 6.61 Å². The summed E-state index contributed by atoms with van der Waals surface area (Å²) in [5.74, 6) is -0.0200. The molecule has 0 N–H and O–H groups in total. The van der Waals surface area contributed by atoms with Gasteiger partial charge in [0.2, 0.25) is 0 Å². The molecule has 0 aliphatic carbocycles. The first-order valence-electron chi connectivity index (χ1n) is 4.21. The summed E-state index contributed by atoms with van der Waals surface area (Å²) in [4.78, 5) is 0. The van der Waals surface area contributed by atoms with Gasteiger partial charge in [0.05, 0.1) is 12.2 Å². The third-order valence-electron chi connectivity index (χ3n) is 1.64. The Morgan fingerprint density at radius 2 is 2.36 bits per heavy atom. The van der Waals surface area contributed by atoms with Crippen LogP contribution in [0, 0.1) is 17.1 Å². The van der Waals surface area contributed by atoms with Crippen molar-refractivity contribution < 1.29 is 9.13 Å². The lowest BCUT2D eigenvalue weighted by Gasteiger charge is -2.05. The highest BCUT2D eigenvalue weighted by Crippen LogP contribution is 2.18. The minimum Gasteiger partial charge on any atom is -0.492 e. The average molecular weight is 191 g/mol. The minimum absolute atomic E-state index is 0.217. The Bertz CT molecular complexity index is 368. The van der Waals surface area contributed by atoms with Crippen LogP contribution in [0.2, 0.25) is 0 Å². The number of nitrogens with zero attached hydrogens (tertiary/aromatic N) is 1. The maximum absolute atomic E-state index is 12.7. The summed E-state index contributed by atoms with van der Waals surface area (Å²) in [6, 6.07) is 5.75. The lowest BCUT2D eigenvalue weighted by atomic mass is 10.2. The number of rotatable bonds is 4. The van der Waals surface area contributed by atoms with E-state index < -0.39 is 5.82 Å². The Hall–Kier alpha value is -1.82. The van der Waals surface area contributed by atoms with Gasteiger partial charge in [-0.2, -0.15) is 5.26 Å². The third kappa shape index (κ3) is 2.60. The summed E-state index contributed by atoms with van der Waals surface area (Å²) in [6.45, 7) is 3.99. The van der Waals surface area contributed by atoms with E-state index in [9.17, 15) is 4.39 Å². The molecule has 0 fully saturated rings. The van der Waals surface area contributed by atoms with Gasteiger partial charge < -0.3 is 4.74 Å². The van der Waals surface area contributed by atoms with Gasteiger partial charge in [-0.05, 0) is 24.6 Å². The van der Waals surface area contributed by atoms with Crippen molar-refractivity contribution >= 4 is 0 Å². The van der Waals surface area contributed by atoms with Gasteiger partial charge in [0.25, 0.3) is 0 Å². The summed E-state index contributed by atoms with van der Waals surface area (Å²) >= 11 is 0. The molecule has 14 heavy (non-hydrogen) atoms. The number of halogens is 1. The molecule has 0 atom stereocenters. The van der Waals surface area contributed by atoms with Crippen LogP contribution < -0.4 is 4.74 Å². The van der Waals surface area contributed by atoms with E-state index in [-0.39, 0.29) is 5.56 Å². The van der Waals surface area contributed by atoms with E-state index in [1.807, 2.05) is 6.07 Å². The zero-order valence-corrected chi connectivity index (χ0v) is 7.66. The molecule has 0 aliphatic heterocycles. The fourth-order valence-electron chi connectivity index (χ4n) is 0.968. The summed E-state index contributed by atoms with van der Waals surface area (Å²) in [6.07, 6.45) is 2.41. The van der Waals surface area contributed by atoms with Gasteiger partial charge in [-0.3, -0.25) is 0 Å². The van der Waals surface area contributed by atoms with Gasteiger partial charge in [-0.25, -0.2) is 4.39 Å². The van der Waals surface area contributed by atoms with Crippen molar-refractivity contribution in [2.45, 2.75) is 6.42 Å². The molecule has 0 saturated carbocycles. The smallest absolute Gasteiger partial charge is 0.137 e. The molecule has 0 heterocycles. The van der Waals surface area contributed by atoms with Gasteiger partial charge in [0.1, 0.15) is 17.6 Å². The van der Waals surface area contributed by atoms with Crippen LogP contribution in [0.5, 0.6) is 5.75 Å². The summed E-state index contributed by atoms with van der Waals surface area (Å²) in [7, 11) is 0. The van der Waals surface area contributed by atoms with E-state index in [4.69, 9.17) is 10.00 Å². The highest BCUT2D eigenvalue weighted by molar-refractivity contribution is 5.42. The topological polar surface area (TPSA) is 33.0 Å². The van der Waals surface area contributed by atoms with E-state index in [1.54, 1.807) is 6.08 Å². The molecule has 1 aromatic rings. The maximum atomic E-state index is 12.7. The van der Waals surface area contributed by atoms with Crippen LogP contribution in [0.4, 0.5) is 4.39 Å². The van der Waals surface area contributed by atoms with Crippen molar-refractivity contribution in [2.75, 3.05) is 6.61 Å². The average Bonchev–Trinajstić information content (AvgIpc) is 2.20. The van der Waals surface area contributed by atoms with Crippen molar-refractivity contribution in [2.24, 2.45) is 0 Å². The number of benzene rings is 1. The van der Waals surface area contributed by atoms with E-state index in [0.29, 0.717) is 18.8 Å². The van der Waals surface area contributed by atoms with Crippen LogP contribution in [0.25, 0.3) is 0 Å². The number of hydrogen-bond acceptors (Lipinski definition) is 2. The predicted octanol–water partition coefficient (Wildman–Crippen LogP) is 2.65. The quantitative estimate of drug-likeness (QED) is 0.541. The van der Waals surface area contributed by atoms with E-state index in [2.05, 4.69) is 6.58 Å². The molecule has 0 aliphatic rings. The Morgan fingerprint density at radius 1 is 1.57 bits per heavy atom. The van der Waals surface area contributed by atoms with Crippen LogP contribution in [-0.2, 0) is 0 Å². The highest BCUT2D eigenvalue weighted by Gasteiger charge is 2.03. The first kappa shape index (κ1) is 10.3. The molecule has 0 bridgehead atoms. The van der Waals surface area contributed by atoms with Crippen molar-refractivity contribution in [3.8, 4) is 11.8 Å². The number of ether oxygens (including phenoxy) is 1. The SMILES string of the molecule is C=CCCOc1ccc(F)cc1C#N. The van der Waals surface area contributed by atoms with Gasteiger partial charge in [-0.1, -0.05) is 6.08 Å². The predicted molar refractivity (Wildman–Crippen MR) is 51.4 cm³/mol. The highest BCUT2D eigenvalue weighted by atomic mass is 19.1. The Labute approximate surface area is 82.2 Å². The monoisotopic (exact) mass is 191 g/mol. The zero-order valence-electron chi connectivity index (χ0n) is 7.66. The molecule has 1 rings (SSSR count). The maximum Gasteiger partial charge on any atom is 0.137 e. The van der Waals surface area contributed by atoms with Crippen LogP contribution in [0.1, 0.15) is 12.0 Å². The number of nitriles is 1. The largest absolute Gasteiger partial charge is 0.492 e. The van der Waals surface area contributed by atoms with Crippen LogP contribution in [0.15, 0.2) is 30.9 Å². The third-order valence-corrected chi connectivity index (χ3v) is 1.64. The fourth-order valence-corrected chi connectivity index (χ4v) is 0.968. The normalized spacial score (nSPS) is 9.14. The summed E-state index contributed by atoms with van der Waals surface area (Å²) in [5.41, 5.74) is 0.217. The van der Waals surface area contributed by atoms with Crippen LogP contribution >= 0.6 is 0 Å². The molecular weight excluding hydrogens is 181 g/mol. The second-order valence-electron chi connectivity index (χ2n) is 2.68. The Balaban J connectivity index is 2.76. The molecule has 1 aromatic carbocycles. The Morgan fingerprint density at radius 3 is 3.00 bits per heavy atom. The van der Waals surface area contributed by atoms with Gasteiger partial charge >= 0.3 is 0 Å². The molecule has 2 nitrogen and oxygen atoms in total. The molecule has 3 heteroatoms. The minimum atomic E-state index is -0.433. The summed E-state index contributed by atoms with van der Waals surface area (Å²) < 4.78 is 18.0. The number of hydrogen-bond donors (Lipinski definition) is 0. The van der Waals surface area contributed by atoms with Crippen molar-refractivity contribution in [1.29, 1.82) is 5.26 Å². The second kappa shape index (κ2) is 5.03. The van der Waals surface area contributed by atoms with E-state index in [1.165, 1.54) is 12.1 Å². The van der Waals surface area contributed by atoms with Gasteiger partial charge in [0.15, 0.2) is 0 Å². The van der Waals surface area contributed by atoms with Crippen LogP contribution in [0.3, 0.4) is 0 Å². The molecular formula is C11H10FNO. The summed E-state index contributed by atoms with van der Waals surface area (Å²) in [5, 5.41) is 8.68. The Kier molecular flexibility index (Phi) is 3.69. The molecule has 0 saturated heterocycles. The van der Waals surface area contributed by atoms with Crippen molar-refractivity contribution in [3.05, 3.63) is 42.2 Å². The van der Waals surface area contributed by atoms with Gasteiger partial charge in [-0.15, -0.1) is 6.58 Å². The molecule has 0 aromatic heterocycles. The van der Waals surface area contributed by atoms with Crippen molar-refractivity contribution in [1.82, 2.24) is 0 Å². The first-order valence-corrected chi connectivity index (χ1v) is 4.21. The molecule has 0 amide bonds. The zero-order chi connectivity index (χ0) is 10.4. The molecule has 0 unspecified atom stereocenters. The molecule has 72 valence electrons. The lowest BCUT2D eigenvalue weighted by Crippen LogP contribution is -1.97. The first-order chi connectivity index (χ1) is 6.77. The lowest BCUT2D eigenvalue weighted by molar-refractivity contribution is 0.323. The van der Waals surface area contributed by atoms with Gasteiger partial charge in [0, 0.05) is 0 Å². The van der Waals surface area contributed by atoms with Crippen molar-refractivity contribution in [3.63, 3.8) is 0 Å². The molecule has 0 spiro atoms. The second-order valence-corrected chi connectivity index (χ2v) is 2.68.